The van der Waals surface area contributed by atoms with Gasteiger partial charge < -0.3 is 19.9 Å². The van der Waals surface area contributed by atoms with E-state index >= 15 is 0 Å². The lowest BCUT2D eigenvalue weighted by Crippen LogP contribution is -2.54. The maximum Gasteiger partial charge on any atom is 0.254 e. The summed E-state index contributed by atoms with van der Waals surface area (Å²) in [5, 5.41) is 2.66. The molecule has 3 rings (SSSR count). The summed E-state index contributed by atoms with van der Waals surface area (Å²) in [7, 11) is 1.36. The second-order valence-corrected chi connectivity index (χ2v) is 6.13. The Morgan fingerprint density at radius 3 is 2.44 bits per heavy atom. The molecule has 8 heteroatoms. The van der Waals surface area contributed by atoms with Crippen molar-refractivity contribution >= 4 is 17.7 Å². The van der Waals surface area contributed by atoms with Crippen LogP contribution >= 0.6 is 0 Å². The summed E-state index contributed by atoms with van der Waals surface area (Å²) in [6, 6.07) is 3.65. The molecule has 0 aromatic heterocycles. The third kappa shape index (κ3) is 3.57. The molecular weight excluding hydrogens is 329 g/mol. The summed E-state index contributed by atoms with van der Waals surface area (Å²) in [5.74, 6) is -0.977. The van der Waals surface area contributed by atoms with Gasteiger partial charge in [0.05, 0.1) is 7.11 Å². The maximum absolute atomic E-state index is 13.8. The standard InChI is InChI=1S/C17H20FN3O4/c1-25-14-4-2-11(10-12(14)18)16(23)20-6-8-21(9-7-20)17(24)13-3-5-15(22)19-13/h2,4,10,13H,3,5-9H2,1H3,(H,19,22). The number of ether oxygens (including phenoxy) is 1. The van der Waals surface area contributed by atoms with Gasteiger partial charge in [-0.05, 0) is 24.6 Å². The lowest BCUT2D eigenvalue weighted by atomic mass is 10.1. The zero-order chi connectivity index (χ0) is 18.0. The van der Waals surface area contributed by atoms with Crippen molar-refractivity contribution in [2.45, 2.75) is 18.9 Å². The number of carbonyl (C=O) groups excluding carboxylic acids is 3. The lowest BCUT2D eigenvalue weighted by Gasteiger charge is -2.36. The van der Waals surface area contributed by atoms with Crippen molar-refractivity contribution in [1.82, 2.24) is 15.1 Å². The van der Waals surface area contributed by atoms with E-state index in [1.165, 1.54) is 19.2 Å². The van der Waals surface area contributed by atoms with Crippen LogP contribution in [0.4, 0.5) is 4.39 Å². The van der Waals surface area contributed by atoms with Gasteiger partial charge in [-0.15, -0.1) is 0 Å². The molecule has 1 aromatic carbocycles. The Bertz CT molecular complexity index is 701. The van der Waals surface area contributed by atoms with Gasteiger partial charge in [0, 0.05) is 38.2 Å². The van der Waals surface area contributed by atoms with E-state index in [9.17, 15) is 18.8 Å². The van der Waals surface area contributed by atoms with E-state index in [0.29, 0.717) is 39.0 Å². The van der Waals surface area contributed by atoms with Gasteiger partial charge in [0.1, 0.15) is 6.04 Å². The van der Waals surface area contributed by atoms with Crippen molar-refractivity contribution in [1.29, 1.82) is 0 Å². The molecule has 1 unspecified atom stereocenters. The third-order valence-electron chi connectivity index (χ3n) is 4.57. The highest BCUT2D eigenvalue weighted by molar-refractivity contribution is 5.95. The van der Waals surface area contributed by atoms with Gasteiger partial charge in [0.25, 0.3) is 5.91 Å². The second-order valence-electron chi connectivity index (χ2n) is 6.13. The number of methoxy groups -OCH3 is 1. The van der Waals surface area contributed by atoms with Gasteiger partial charge in [-0.1, -0.05) is 0 Å². The fourth-order valence-electron chi connectivity index (χ4n) is 3.13. The van der Waals surface area contributed by atoms with Gasteiger partial charge in [0.15, 0.2) is 11.6 Å². The van der Waals surface area contributed by atoms with Crippen LogP contribution in [0.2, 0.25) is 0 Å². The van der Waals surface area contributed by atoms with Crippen LogP contribution in [0.25, 0.3) is 0 Å². The molecule has 0 saturated carbocycles. The number of nitrogens with zero attached hydrogens (tertiary/aromatic N) is 2. The van der Waals surface area contributed by atoms with E-state index < -0.39 is 11.9 Å². The summed E-state index contributed by atoms with van der Waals surface area (Å²) < 4.78 is 18.6. The van der Waals surface area contributed by atoms with Crippen LogP contribution in [-0.4, -0.2) is 66.9 Å². The Morgan fingerprint density at radius 2 is 1.88 bits per heavy atom. The number of rotatable bonds is 3. The van der Waals surface area contributed by atoms with Gasteiger partial charge in [0.2, 0.25) is 11.8 Å². The summed E-state index contributed by atoms with van der Waals surface area (Å²) in [6.45, 7) is 1.54. The van der Waals surface area contributed by atoms with Gasteiger partial charge in [-0.25, -0.2) is 4.39 Å². The fraction of sp³-hybridized carbons (Fsp3) is 0.471. The quantitative estimate of drug-likeness (QED) is 0.857. The molecule has 25 heavy (non-hydrogen) atoms. The Morgan fingerprint density at radius 1 is 1.20 bits per heavy atom. The summed E-state index contributed by atoms with van der Waals surface area (Å²) >= 11 is 0. The topological polar surface area (TPSA) is 79.0 Å². The van der Waals surface area contributed by atoms with Gasteiger partial charge in [-0.2, -0.15) is 0 Å². The Balaban J connectivity index is 1.58. The van der Waals surface area contributed by atoms with Gasteiger partial charge >= 0.3 is 0 Å². The predicted molar refractivity (Wildman–Crippen MR) is 86.6 cm³/mol. The normalized spacial score (nSPS) is 20.4. The number of piperazine rings is 1. The molecule has 2 aliphatic rings. The summed E-state index contributed by atoms with van der Waals surface area (Å²) in [6.07, 6.45) is 0.889. The number of carbonyl (C=O) groups is 3. The molecule has 2 fully saturated rings. The molecule has 2 saturated heterocycles. The molecule has 1 aromatic rings. The average Bonchev–Trinajstić information content (AvgIpc) is 3.07. The van der Waals surface area contributed by atoms with Crippen LogP contribution in [0, 0.1) is 5.82 Å². The minimum Gasteiger partial charge on any atom is -0.494 e. The number of hydrogen-bond acceptors (Lipinski definition) is 4. The van der Waals surface area contributed by atoms with Crippen molar-refractivity contribution in [3.05, 3.63) is 29.6 Å². The van der Waals surface area contributed by atoms with Crippen molar-refractivity contribution < 1.29 is 23.5 Å². The minimum absolute atomic E-state index is 0.0885. The first-order valence-electron chi connectivity index (χ1n) is 8.20. The molecule has 0 spiro atoms. The summed E-state index contributed by atoms with van der Waals surface area (Å²) in [4.78, 5) is 39.3. The number of nitrogens with one attached hydrogen (secondary N) is 1. The van der Waals surface area contributed by atoms with Crippen LogP contribution in [0.15, 0.2) is 18.2 Å². The minimum atomic E-state index is -0.584. The number of hydrogen-bond donors (Lipinski definition) is 1. The van der Waals surface area contributed by atoms with E-state index in [0.717, 1.165) is 6.07 Å². The van der Waals surface area contributed by atoms with Gasteiger partial charge in [-0.3, -0.25) is 14.4 Å². The molecular formula is C17H20FN3O4. The lowest BCUT2D eigenvalue weighted by molar-refractivity contribution is -0.135. The Labute approximate surface area is 144 Å². The van der Waals surface area contributed by atoms with E-state index in [1.807, 2.05) is 0 Å². The van der Waals surface area contributed by atoms with Crippen LogP contribution in [-0.2, 0) is 9.59 Å². The molecule has 1 N–H and O–H groups in total. The smallest absolute Gasteiger partial charge is 0.254 e. The fourth-order valence-corrected chi connectivity index (χ4v) is 3.13. The van der Waals surface area contributed by atoms with Crippen molar-refractivity contribution in [2.75, 3.05) is 33.3 Å². The predicted octanol–water partition coefficient (Wildman–Crippen LogP) is 0.397. The molecule has 134 valence electrons. The van der Waals surface area contributed by atoms with Crippen LogP contribution < -0.4 is 10.1 Å². The zero-order valence-corrected chi connectivity index (χ0v) is 14.0. The number of halogens is 1. The van der Waals surface area contributed by atoms with Crippen LogP contribution in [0.5, 0.6) is 5.75 Å². The monoisotopic (exact) mass is 349 g/mol. The number of benzene rings is 1. The molecule has 0 aliphatic carbocycles. The molecule has 0 bridgehead atoms. The van der Waals surface area contributed by atoms with Crippen molar-refractivity contribution in [2.24, 2.45) is 0 Å². The van der Waals surface area contributed by atoms with E-state index in [4.69, 9.17) is 4.74 Å². The Kier molecular flexibility index (Phi) is 4.87. The molecule has 3 amide bonds. The highest BCUT2D eigenvalue weighted by Crippen LogP contribution is 2.19. The van der Waals surface area contributed by atoms with E-state index in [2.05, 4.69) is 5.32 Å². The SMILES string of the molecule is COc1ccc(C(=O)N2CCN(C(=O)C3CCC(=O)N3)CC2)cc1F. The number of amides is 3. The Hall–Kier alpha value is -2.64. The summed E-state index contributed by atoms with van der Waals surface area (Å²) in [5.41, 5.74) is 0.251. The average molecular weight is 349 g/mol. The molecule has 1 atom stereocenters. The van der Waals surface area contributed by atoms with E-state index in [-0.39, 0.29) is 29.0 Å². The highest BCUT2D eigenvalue weighted by Gasteiger charge is 2.33. The first-order valence-corrected chi connectivity index (χ1v) is 8.20. The molecule has 2 heterocycles. The third-order valence-corrected chi connectivity index (χ3v) is 4.57. The van der Waals surface area contributed by atoms with Crippen molar-refractivity contribution in [3.8, 4) is 5.75 Å². The first kappa shape index (κ1) is 17.2. The van der Waals surface area contributed by atoms with E-state index in [1.54, 1.807) is 9.80 Å². The zero-order valence-electron chi connectivity index (χ0n) is 14.0. The highest BCUT2D eigenvalue weighted by atomic mass is 19.1. The molecule has 2 aliphatic heterocycles. The maximum atomic E-state index is 13.8. The second kappa shape index (κ2) is 7.08. The molecule has 0 radical (unpaired) electrons. The molecule has 7 nitrogen and oxygen atoms in total. The first-order chi connectivity index (χ1) is 12.0. The van der Waals surface area contributed by atoms with Crippen molar-refractivity contribution in [3.63, 3.8) is 0 Å². The van der Waals surface area contributed by atoms with Crippen LogP contribution in [0.1, 0.15) is 23.2 Å². The van der Waals surface area contributed by atoms with Crippen LogP contribution in [0.3, 0.4) is 0 Å². The largest absolute Gasteiger partial charge is 0.494 e.